The third-order valence-corrected chi connectivity index (χ3v) is 1.82. The topological polar surface area (TPSA) is 23.8 Å². The summed E-state index contributed by atoms with van der Waals surface area (Å²) in [4.78, 5) is 0. The van der Waals surface area contributed by atoms with Crippen molar-refractivity contribution in [3.05, 3.63) is 48.0 Å². The first kappa shape index (κ1) is 9.54. The molecule has 1 atom stereocenters. The molecule has 0 aliphatic heterocycles. The molecular weight excluding hydrogens is 158 g/mol. The Morgan fingerprint density at radius 2 is 2.08 bits per heavy atom. The Balaban J connectivity index is 2.45. The first-order valence-electron chi connectivity index (χ1n) is 4.43. The van der Waals surface area contributed by atoms with Crippen LogP contribution >= 0.6 is 0 Å². The maximum atomic E-state index is 8.53. The molecule has 0 aliphatic rings. The summed E-state index contributed by atoms with van der Waals surface area (Å²) in [6.07, 6.45) is 4.89. The van der Waals surface area contributed by atoms with Gasteiger partial charge in [0.1, 0.15) is 0 Å². The van der Waals surface area contributed by atoms with Gasteiger partial charge in [0.05, 0.1) is 12.0 Å². The molecule has 0 N–H and O–H groups in total. The number of nitriles is 1. The van der Waals surface area contributed by atoms with E-state index in [0.29, 0.717) is 0 Å². The molecule has 1 heteroatoms. The summed E-state index contributed by atoms with van der Waals surface area (Å²) in [5, 5.41) is 8.53. The van der Waals surface area contributed by atoms with Crippen molar-refractivity contribution in [1.82, 2.24) is 0 Å². The van der Waals surface area contributed by atoms with Crippen LogP contribution in [0.3, 0.4) is 0 Å². The lowest BCUT2D eigenvalue weighted by molar-refractivity contribution is 0.948. The van der Waals surface area contributed by atoms with Gasteiger partial charge in [-0.1, -0.05) is 42.5 Å². The second-order valence-corrected chi connectivity index (χ2v) is 3.04. The van der Waals surface area contributed by atoms with Crippen LogP contribution in [0.1, 0.15) is 12.5 Å². The smallest absolute Gasteiger partial charge is 0.0694 e. The highest BCUT2D eigenvalue weighted by Gasteiger charge is 1.90. The summed E-state index contributed by atoms with van der Waals surface area (Å²) < 4.78 is 0. The molecule has 0 saturated heterocycles. The van der Waals surface area contributed by atoms with Gasteiger partial charge in [0, 0.05) is 0 Å². The molecule has 1 unspecified atom stereocenters. The van der Waals surface area contributed by atoms with E-state index in [2.05, 4.69) is 18.2 Å². The van der Waals surface area contributed by atoms with Gasteiger partial charge in [-0.05, 0) is 18.9 Å². The van der Waals surface area contributed by atoms with Gasteiger partial charge in [-0.3, -0.25) is 0 Å². The lowest BCUT2D eigenvalue weighted by Crippen LogP contribution is -1.83. The minimum atomic E-state index is 0.0173. The molecule has 0 aliphatic carbocycles. The van der Waals surface area contributed by atoms with Crippen LogP contribution in [-0.2, 0) is 6.42 Å². The van der Waals surface area contributed by atoms with Gasteiger partial charge in [-0.25, -0.2) is 0 Å². The summed E-state index contributed by atoms with van der Waals surface area (Å²) in [5.74, 6) is 0.0173. The molecule has 66 valence electrons. The number of allylic oxidation sites excluding steroid dienone is 2. The van der Waals surface area contributed by atoms with E-state index in [1.54, 1.807) is 0 Å². The van der Waals surface area contributed by atoms with Crippen molar-refractivity contribution in [1.29, 1.82) is 5.26 Å². The highest BCUT2D eigenvalue weighted by Crippen LogP contribution is 2.02. The highest BCUT2D eigenvalue weighted by atomic mass is 14.2. The van der Waals surface area contributed by atoms with E-state index in [4.69, 9.17) is 5.26 Å². The largest absolute Gasteiger partial charge is 0.198 e. The van der Waals surface area contributed by atoms with E-state index in [9.17, 15) is 0 Å². The predicted octanol–water partition coefficient (Wildman–Crippen LogP) is 2.94. The summed E-state index contributed by atoms with van der Waals surface area (Å²) in [7, 11) is 0. The fourth-order valence-corrected chi connectivity index (χ4v) is 1.07. The molecule has 1 aromatic rings. The van der Waals surface area contributed by atoms with Crippen LogP contribution in [-0.4, -0.2) is 0 Å². The molecule has 0 saturated carbocycles. The van der Waals surface area contributed by atoms with E-state index in [1.807, 2.05) is 37.3 Å². The van der Waals surface area contributed by atoms with Crippen molar-refractivity contribution in [3.8, 4) is 6.07 Å². The van der Waals surface area contributed by atoms with E-state index in [1.165, 1.54) is 5.56 Å². The second kappa shape index (κ2) is 5.16. The molecule has 0 radical (unpaired) electrons. The zero-order chi connectivity index (χ0) is 9.52. The second-order valence-electron chi connectivity index (χ2n) is 3.04. The van der Waals surface area contributed by atoms with Gasteiger partial charge in [-0.2, -0.15) is 5.26 Å². The van der Waals surface area contributed by atoms with E-state index < -0.39 is 0 Å². The molecule has 1 aromatic carbocycles. The van der Waals surface area contributed by atoms with Crippen molar-refractivity contribution < 1.29 is 0 Å². The SMILES string of the molecule is CC(C#N)/C=C\Cc1ccccc1. The van der Waals surface area contributed by atoms with Gasteiger partial charge in [-0.15, -0.1) is 0 Å². The molecule has 1 nitrogen and oxygen atoms in total. The van der Waals surface area contributed by atoms with Gasteiger partial charge in [0.15, 0.2) is 0 Å². The Morgan fingerprint density at radius 3 is 2.69 bits per heavy atom. The first-order chi connectivity index (χ1) is 6.33. The monoisotopic (exact) mass is 171 g/mol. The van der Waals surface area contributed by atoms with E-state index >= 15 is 0 Å². The quantitative estimate of drug-likeness (QED) is 0.641. The normalized spacial score (nSPS) is 12.6. The molecule has 0 amide bonds. The number of hydrogen-bond donors (Lipinski definition) is 0. The number of rotatable bonds is 3. The van der Waals surface area contributed by atoms with Crippen molar-refractivity contribution in [3.63, 3.8) is 0 Å². The van der Waals surface area contributed by atoms with Crippen molar-refractivity contribution in [2.45, 2.75) is 13.3 Å². The van der Waals surface area contributed by atoms with Crippen LogP contribution in [0.2, 0.25) is 0 Å². The molecule has 0 aromatic heterocycles. The Kier molecular flexibility index (Phi) is 3.78. The van der Waals surface area contributed by atoms with Gasteiger partial charge in [0.2, 0.25) is 0 Å². The average molecular weight is 171 g/mol. The lowest BCUT2D eigenvalue weighted by atomic mass is 10.1. The number of hydrogen-bond acceptors (Lipinski definition) is 1. The van der Waals surface area contributed by atoms with Crippen LogP contribution in [0.4, 0.5) is 0 Å². The average Bonchev–Trinajstić information content (AvgIpc) is 2.19. The standard InChI is InChI=1S/C12H13N/c1-11(10-13)6-5-9-12-7-3-2-4-8-12/h2-8,11H,9H2,1H3/b6-5-. The van der Waals surface area contributed by atoms with Gasteiger partial charge < -0.3 is 0 Å². The maximum absolute atomic E-state index is 8.53. The van der Waals surface area contributed by atoms with Gasteiger partial charge in [0.25, 0.3) is 0 Å². The fraction of sp³-hybridized carbons (Fsp3) is 0.250. The van der Waals surface area contributed by atoms with Crippen LogP contribution in [0.5, 0.6) is 0 Å². The first-order valence-corrected chi connectivity index (χ1v) is 4.43. The van der Waals surface area contributed by atoms with Crippen LogP contribution in [0, 0.1) is 17.2 Å². The molecule has 0 heterocycles. The third kappa shape index (κ3) is 3.57. The summed E-state index contributed by atoms with van der Waals surface area (Å²) >= 11 is 0. The Bertz CT molecular complexity index is 306. The predicted molar refractivity (Wildman–Crippen MR) is 54.1 cm³/mol. The summed E-state index contributed by atoms with van der Waals surface area (Å²) in [6.45, 7) is 1.89. The molecular formula is C12H13N. The maximum Gasteiger partial charge on any atom is 0.0694 e. The highest BCUT2D eigenvalue weighted by molar-refractivity contribution is 5.17. The Hall–Kier alpha value is -1.55. The summed E-state index contributed by atoms with van der Waals surface area (Å²) in [5.41, 5.74) is 1.28. The minimum absolute atomic E-state index is 0.0173. The molecule has 0 spiro atoms. The zero-order valence-electron chi connectivity index (χ0n) is 7.77. The molecule has 1 rings (SSSR count). The third-order valence-electron chi connectivity index (χ3n) is 1.82. The van der Waals surface area contributed by atoms with E-state index in [-0.39, 0.29) is 5.92 Å². The van der Waals surface area contributed by atoms with E-state index in [0.717, 1.165) is 6.42 Å². The number of nitrogens with zero attached hydrogens (tertiary/aromatic N) is 1. The Labute approximate surface area is 79.3 Å². The van der Waals surface area contributed by atoms with Crippen LogP contribution < -0.4 is 0 Å². The Morgan fingerprint density at radius 1 is 1.38 bits per heavy atom. The molecule has 0 bridgehead atoms. The van der Waals surface area contributed by atoms with Crippen molar-refractivity contribution >= 4 is 0 Å². The molecule has 13 heavy (non-hydrogen) atoms. The lowest BCUT2D eigenvalue weighted by Gasteiger charge is -1.94. The zero-order valence-corrected chi connectivity index (χ0v) is 7.77. The van der Waals surface area contributed by atoms with Crippen LogP contribution in [0.25, 0.3) is 0 Å². The fourth-order valence-electron chi connectivity index (χ4n) is 1.07. The van der Waals surface area contributed by atoms with Crippen LogP contribution in [0.15, 0.2) is 42.5 Å². The van der Waals surface area contributed by atoms with Gasteiger partial charge >= 0.3 is 0 Å². The summed E-state index contributed by atoms with van der Waals surface area (Å²) in [6, 6.07) is 12.4. The molecule has 0 fully saturated rings. The number of benzene rings is 1. The minimum Gasteiger partial charge on any atom is -0.198 e. The van der Waals surface area contributed by atoms with Crippen molar-refractivity contribution in [2.24, 2.45) is 5.92 Å². The van der Waals surface area contributed by atoms with Crippen molar-refractivity contribution in [2.75, 3.05) is 0 Å².